The van der Waals surface area contributed by atoms with Gasteiger partial charge in [0.2, 0.25) is 5.82 Å². The molecule has 2 heterocycles. The van der Waals surface area contributed by atoms with Gasteiger partial charge >= 0.3 is 17.5 Å². The lowest BCUT2D eigenvalue weighted by Crippen LogP contribution is -2.60. The van der Waals surface area contributed by atoms with Gasteiger partial charge in [-0.05, 0) is 64.8 Å². The first-order valence-corrected chi connectivity index (χ1v) is 9.91. The Balaban J connectivity index is 1.86. The van der Waals surface area contributed by atoms with Gasteiger partial charge in [0.15, 0.2) is 0 Å². The molecule has 1 saturated heterocycles. The van der Waals surface area contributed by atoms with Crippen LogP contribution in [0.4, 0.5) is 11.5 Å². The van der Waals surface area contributed by atoms with Crippen LogP contribution in [0.1, 0.15) is 50.9 Å². The Hall–Kier alpha value is -3.27. The molecule has 0 spiro atoms. The second-order valence-corrected chi connectivity index (χ2v) is 8.89. The van der Waals surface area contributed by atoms with Gasteiger partial charge < -0.3 is 20.1 Å². The molecule has 0 aliphatic carbocycles. The summed E-state index contributed by atoms with van der Waals surface area (Å²) in [6.45, 7) is 8.40. The first-order chi connectivity index (χ1) is 14.5. The Bertz CT molecular complexity index is 959. The first kappa shape index (κ1) is 22.4. The van der Waals surface area contributed by atoms with E-state index in [1.54, 1.807) is 0 Å². The van der Waals surface area contributed by atoms with Gasteiger partial charge in [0.25, 0.3) is 0 Å². The molecule has 3 rings (SSSR count). The molecule has 166 valence electrons. The molecule has 31 heavy (non-hydrogen) atoms. The minimum atomic E-state index is -0.558. The number of hydrogen-bond donors (Lipinski definition) is 2. The van der Waals surface area contributed by atoms with Gasteiger partial charge in [-0.3, -0.25) is 10.1 Å². The fourth-order valence-corrected chi connectivity index (χ4v) is 4.21. The van der Waals surface area contributed by atoms with E-state index in [2.05, 4.69) is 53.0 Å². The largest absolute Gasteiger partial charge is 0.465 e. The molecule has 0 atom stereocenters. The number of hydrogen-bond acceptors (Lipinski definition) is 9. The van der Waals surface area contributed by atoms with Gasteiger partial charge in [-0.1, -0.05) is 0 Å². The minimum Gasteiger partial charge on any atom is -0.465 e. The number of carbonyl (C=O) groups is 1. The van der Waals surface area contributed by atoms with Crippen LogP contribution in [0.25, 0.3) is 0 Å². The lowest BCUT2D eigenvalue weighted by Gasteiger charge is -2.46. The predicted octanol–water partition coefficient (Wildman–Crippen LogP) is 3.68. The van der Waals surface area contributed by atoms with E-state index in [9.17, 15) is 14.9 Å². The van der Waals surface area contributed by atoms with Crippen molar-refractivity contribution in [2.75, 3.05) is 12.4 Å². The van der Waals surface area contributed by atoms with Gasteiger partial charge in [-0.15, -0.1) is 0 Å². The average Bonchev–Trinajstić information content (AvgIpc) is 2.65. The number of ether oxygens (including phenoxy) is 2. The highest BCUT2D eigenvalue weighted by molar-refractivity contribution is 5.89. The Kier molecular flexibility index (Phi) is 6.12. The van der Waals surface area contributed by atoms with E-state index in [0.29, 0.717) is 11.3 Å². The van der Waals surface area contributed by atoms with Crippen LogP contribution in [-0.2, 0) is 4.74 Å². The number of carbonyl (C=O) groups excluding carboxylic acids is 1. The fraction of sp³-hybridized carbons (Fsp3) is 0.476. The van der Waals surface area contributed by atoms with Gasteiger partial charge in [-0.2, -0.15) is 4.98 Å². The quantitative estimate of drug-likeness (QED) is 0.401. The van der Waals surface area contributed by atoms with Gasteiger partial charge in [0.1, 0.15) is 12.1 Å². The molecule has 1 aromatic heterocycles. The summed E-state index contributed by atoms with van der Waals surface area (Å²) in [6, 6.07) is 6.03. The molecule has 0 unspecified atom stereocenters. The van der Waals surface area contributed by atoms with Crippen LogP contribution >= 0.6 is 0 Å². The maximum atomic E-state index is 11.8. The van der Waals surface area contributed by atoms with E-state index < -0.39 is 10.9 Å². The van der Waals surface area contributed by atoms with Crippen molar-refractivity contribution in [2.45, 2.75) is 57.7 Å². The summed E-state index contributed by atoms with van der Waals surface area (Å²) < 4.78 is 10.3. The minimum absolute atomic E-state index is 0.0213. The summed E-state index contributed by atoms with van der Waals surface area (Å²) in [5.41, 5.74) is -0.275. The Morgan fingerprint density at radius 1 is 1.16 bits per heavy atom. The van der Waals surface area contributed by atoms with Gasteiger partial charge in [0, 0.05) is 17.1 Å². The predicted molar refractivity (Wildman–Crippen MR) is 114 cm³/mol. The molecule has 2 aromatic rings. The summed E-state index contributed by atoms with van der Waals surface area (Å²) in [4.78, 5) is 30.9. The van der Waals surface area contributed by atoms with Crippen LogP contribution < -0.4 is 15.4 Å². The highest BCUT2D eigenvalue weighted by Crippen LogP contribution is 2.37. The standard InChI is InChI=1S/C21H27N5O5/c1-20(2)10-14(11-21(3,4)25-20)24-17-16(26(28)29)18(23-12-22-17)31-15-8-6-13(7-9-15)19(27)30-5/h6-9,12,14,25H,10-11H2,1-5H3,(H,22,23,24). The molecule has 0 bridgehead atoms. The van der Waals surface area contributed by atoms with Crippen LogP contribution in [-0.4, -0.2) is 45.1 Å². The number of rotatable bonds is 6. The van der Waals surface area contributed by atoms with E-state index in [0.717, 1.165) is 12.8 Å². The molecule has 1 aliphatic heterocycles. The van der Waals surface area contributed by atoms with Crippen molar-refractivity contribution in [3.63, 3.8) is 0 Å². The highest BCUT2D eigenvalue weighted by atomic mass is 16.6. The zero-order valence-electron chi connectivity index (χ0n) is 18.3. The van der Waals surface area contributed by atoms with Crippen LogP contribution in [0.15, 0.2) is 30.6 Å². The average molecular weight is 429 g/mol. The van der Waals surface area contributed by atoms with Crippen molar-refractivity contribution >= 4 is 17.5 Å². The van der Waals surface area contributed by atoms with Crippen LogP contribution in [0.2, 0.25) is 0 Å². The number of esters is 1. The second kappa shape index (κ2) is 8.46. The number of nitro groups is 1. The lowest BCUT2D eigenvalue weighted by atomic mass is 9.79. The third kappa shape index (κ3) is 5.46. The van der Waals surface area contributed by atoms with Crippen molar-refractivity contribution in [1.29, 1.82) is 0 Å². The summed E-state index contributed by atoms with van der Waals surface area (Å²) >= 11 is 0. The summed E-state index contributed by atoms with van der Waals surface area (Å²) in [7, 11) is 1.29. The lowest BCUT2D eigenvalue weighted by molar-refractivity contribution is -0.385. The van der Waals surface area contributed by atoms with E-state index in [1.807, 2.05) is 0 Å². The number of aromatic nitrogens is 2. The molecule has 10 nitrogen and oxygen atoms in total. The summed E-state index contributed by atoms with van der Waals surface area (Å²) in [5, 5.41) is 18.7. The summed E-state index contributed by atoms with van der Waals surface area (Å²) in [6.07, 6.45) is 2.76. The van der Waals surface area contributed by atoms with Gasteiger partial charge in [-0.25, -0.2) is 9.78 Å². The molecule has 10 heteroatoms. The van der Waals surface area contributed by atoms with E-state index in [-0.39, 0.29) is 34.5 Å². The van der Waals surface area contributed by atoms with Crippen molar-refractivity contribution < 1.29 is 19.2 Å². The molecule has 1 aromatic carbocycles. The van der Waals surface area contributed by atoms with E-state index >= 15 is 0 Å². The monoisotopic (exact) mass is 429 g/mol. The van der Waals surface area contributed by atoms with Gasteiger partial charge in [0.05, 0.1) is 17.6 Å². The number of piperidine rings is 1. The highest BCUT2D eigenvalue weighted by Gasteiger charge is 2.39. The fourth-order valence-electron chi connectivity index (χ4n) is 4.21. The molecule has 0 amide bonds. The third-order valence-electron chi connectivity index (χ3n) is 4.99. The topological polar surface area (TPSA) is 129 Å². The van der Waals surface area contributed by atoms with Crippen LogP contribution in [0.3, 0.4) is 0 Å². The maximum absolute atomic E-state index is 11.8. The molecule has 1 fully saturated rings. The third-order valence-corrected chi connectivity index (χ3v) is 4.99. The zero-order chi connectivity index (χ0) is 22.8. The van der Waals surface area contributed by atoms with Crippen molar-refractivity contribution in [3.05, 3.63) is 46.3 Å². The normalized spacial score (nSPS) is 17.6. The smallest absolute Gasteiger partial charge is 0.373 e. The zero-order valence-corrected chi connectivity index (χ0v) is 18.3. The number of nitrogens with zero attached hydrogens (tertiary/aromatic N) is 3. The molecule has 0 saturated carbocycles. The van der Waals surface area contributed by atoms with E-state index in [1.165, 1.54) is 37.7 Å². The molecule has 2 N–H and O–H groups in total. The van der Waals surface area contributed by atoms with Crippen molar-refractivity contribution in [2.24, 2.45) is 0 Å². The molecular formula is C21H27N5O5. The van der Waals surface area contributed by atoms with Crippen molar-refractivity contribution in [3.8, 4) is 11.6 Å². The number of methoxy groups -OCH3 is 1. The first-order valence-electron chi connectivity index (χ1n) is 9.91. The van der Waals surface area contributed by atoms with Crippen LogP contribution in [0.5, 0.6) is 11.6 Å². The number of nitrogens with one attached hydrogen (secondary N) is 2. The van der Waals surface area contributed by atoms with Crippen LogP contribution in [0, 0.1) is 10.1 Å². The Labute approximate surface area is 180 Å². The second-order valence-electron chi connectivity index (χ2n) is 8.89. The molecular weight excluding hydrogens is 402 g/mol. The SMILES string of the molecule is COC(=O)c1ccc(Oc2ncnc(NC3CC(C)(C)NC(C)(C)C3)c2[N+](=O)[O-])cc1. The van der Waals surface area contributed by atoms with E-state index in [4.69, 9.17) is 4.74 Å². The maximum Gasteiger partial charge on any atom is 0.373 e. The Morgan fingerprint density at radius 3 is 2.32 bits per heavy atom. The molecule has 0 radical (unpaired) electrons. The number of anilines is 1. The summed E-state index contributed by atoms with van der Waals surface area (Å²) in [5.74, 6) is -0.260. The van der Waals surface area contributed by atoms with Crippen molar-refractivity contribution in [1.82, 2.24) is 15.3 Å². The Morgan fingerprint density at radius 2 is 1.77 bits per heavy atom. The number of benzene rings is 1. The molecule has 1 aliphatic rings.